The summed E-state index contributed by atoms with van der Waals surface area (Å²) in [5.74, 6) is -0.715. The Labute approximate surface area is 223 Å². The average molecular weight is 536 g/mol. The van der Waals surface area contributed by atoms with Crippen molar-refractivity contribution in [2.24, 2.45) is 7.05 Å². The molecule has 0 saturated carbocycles. The number of nitrogens with one attached hydrogen (secondary N) is 2. The Bertz CT molecular complexity index is 1490. The highest BCUT2D eigenvalue weighted by molar-refractivity contribution is 6.16. The highest BCUT2D eigenvalue weighted by Crippen LogP contribution is 2.31. The molecule has 39 heavy (non-hydrogen) atoms. The molecule has 3 heterocycles. The van der Waals surface area contributed by atoms with E-state index in [-0.39, 0.29) is 52.6 Å². The van der Waals surface area contributed by atoms with Gasteiger partial charge < -0.3 is 29.8 Å². The summed E-state index contributed by atoms with van der Waals surface area (Å²) in [6, 6.07) is 7.95. The van der Waals surface area contributed by atoms with Crippen LogP contribution in [0.2, 0.25) is 0 Å². The fraction of sp³-hybridized carbons (Fsp3) is 0.259. The van der Waals surface area contributed by atoms with Crippen LogP contribution in [0.3, 0.4) is 0 Å². The fourth-order valence-electron chi connectivity index (χ4n) is 4.16. The van der Waals surface area contributed by atoms with Gasteiger partial charge in [-0.1, -0.05) is 0 Å². The van der Waals surface area contributed by atoms with Crippen LogP contribution in [0.1, 0.15) is 29.7 Å². The Kier molecular flexibility index (Phi) is 7.64. The number of aryl methyl sites for hydroxylation is 1. The van der Waals surface area contributed by atoms with Gasteiger partial charge in [-0.05, 0) is 31.0 Å². The molecular formula is C27H27F2N7O3. The van der Waals surface area contributed by atoms with Gasteiger partial charge >= 0.3 is 0 Å². The molecular weight excluding hydrogens is 508 g/mol. The molecule has 5 rings (SSSR count). The summed E-state index contributed by atoms with van der Waals surface area (Å²) in [4.78, 5) is 12.3. The number of ether oxygens (including phenoxy) is 3. The van der Waals surface area contributed by atoms with E-state index in [0.29, 0.717) is 19.0 Å². The summed E-state index contributed by atoms with van der Waals surface area (Å²) in [6.45, 7) is 1.42. The predicted octanol–water partition coefficient (Wildman–Crippen LogP) is 4.45. The van der Waals surface area contributed by atoms with Gasteiger partial charge in [0.15, 0.2) is 11.6 Å². The minimum absolute atomic E-state index is 0.0512. The van der Waals surface area contributed by atoms with E-state index < -0.39 is 11.6 Å². The van der Waals surface area contributed by atoms with Gasteiger partial charge in [-0.2, -0.15) is 0 Å². The van der Waals surface area contributed by atoms with Crippen LogP contribution >= 0.6 is 0 Å². The van der Waals surface area contributed by atoms with Crippen LogP contribution in [0.15, 0.2) is 55.2 Å². The second-order valence-corrected chi connectivity index (χ2v) is 9.04. The third kappa shape index (κ3) is 6.12. The monoisotopic (exact) mass is 535 g/mol. The molecule has 0 unspecified atom stereocenters. The van der Waals surface area contributed by atoms with E-state index in [4.69, 9.17) is 25.4 Å². The molecule has 0 atom stereocenters. The minimum Gasteiger partial charge on any atom is -0.487 e. The van der Waals surface area contributed by atoms with E-state index >= 15 is 4.39 Å². The Balaban J connectivity index is 1.33. The van der Waals surface area contributed by atoms with Gasteiger partial charge in [-0.3, -0.25) is 5.41 Å². The number of nitrogens with two attached hydrogens (primary N) is 1. The maximum atomic E-state index is 15.1. The Hall–Kier alpha value is -4.58. The highest BCUT2D eigenvalue weighted by atomic mass is 19.1. The number of hydrogen-bond donors (Lipinski definition) is 3. The van der Waals surface area contributed by atoms with E-state index in [0.717, 1.165) is 30.7 Å². The van der Waals surface area contributed by atoms with Crippen molar-refractivity contribution in [3.8, 4) is 17.2 Å². The molecule has 2 aromatic carbocycles. The molecule has 0 spiro atoms. The molecule has 4 N–H and O–H groups in total. The van der Waals surface area contributed by atoms with E-state index in [2.05, 4.69) is 20.3 Å². The molecule has 1 saturated heterocycles. The molecule has 0 bridgehead atoms. The predicted molar refractivity (Wildman–Crippen MR) is 140 cm³/mol. The van der Waals surface area contributed by atoms with Crippen molar-refractivity contribution in [1.29, 1.82) is 5.41 Å². The second kappa shape index (κ2) is 11.4. The zero-order valence-corrected chi connectivity index (χ0v) is 21.2. The number of imidazole rings is 1. The third-order valence-electron chi connectivity index (χ3n) is 6.29. The smallest absolute Gasteiger partial charge is 0.166 e. The van der Waals surface area contributed by atoms with Crippen LogP contribution < -0.4 is 20.5 Å². The lowest BCUT2D eigenvalue weighted by Crippen LogP contribution is -2.29. The first-order valence-corrected chi connectivity index (χ1v) is 12.3. The van der Waals surface area contributed by atoms with Gasteiger partial charge in [0.2, 0.25) is 0 Å². The topological polar surface area (TPSA) is 133 Å². The molecule has 0 amide bonds. The lowest BCUT2D eigenvalue weighted by atomic mass is 10.0. The number of aromatic nitrogens is 4. The summed E-state index contributed by atoms with van der Waals surface area (Å²) in [6.07, 6.45) is 6.16. The lowest BCUT2D eigenvalue weighted by Gasteiger charge is -2.25. The normalized spacial score (nSPS) is 13.7. The average Bonchev–Trinajstić information content (AvgIpc) is 3.33. The largest absolute Gasteiger partial charge is 0.487 e. The molecule has 1 fully saturated rings. The van der Waals surface area contributed by atoms with Crippen molar-refractivity contribution in [3.05, 3.63) is 83.7 Å². The van der Waals surface area contributed by atoms with Gasteiger partial charge in [0.25, 0.3) is 0 Å². The van der Waals surface area contributed by atoms with E-state index in [1.807, 2.05) is 7.05 Å². The van der Waals surface area contributed by atoms with Gasteiger partial charge in [-0.15, -0.1) is 0 Å². The minimum atomic E-state index is -0.742. The zero-order valence-electron chi connectivity index (χ0n) is 21.2. The first-order valence-electron chi connectivity index (χ1n) is 12.3. The van der Waals surface area contributed by atoms with Gasteiger partial charge in [0, 0.05) is 50.1 Å². The number of rotatable bonds is 9. The van der Waals surface area contributed by atoms with Crippen molar-refractivity contribution >= 4 is 17.3 Å². The standard InChI is InChI=1S/C27H27F2N7O3/c1-36-15-32-12-19(36)13-38-20-9-17(28)10-21(11-20)39-23-3-2-16(8-22(23)29)25(30)24-26(31)33-14-34-27(24)35-18-4-6-37-7-5-18/h2-3,8-12,14-15,18,30H,4-7,13H2,1H3,(H3,31,33,34,35). The number of nitrogens with zero attached hydrogens (tertiary/aromatic N) is 4. The molecule has 2 aromatic heterocycles. The van der Waals surface area contributed by atoms with Crippen LogP contribution in [0.25, 0.3) is 0 Å². The molecule has 202 valence electrons. The molecule has 4 aromatic rings. The molecule has 10 nitrogen and oxygen atoms in total. The van der Waals surface area contributed by atoms with Crippen molar-refractivity contribution in [1.82, 2.24) is 19.5 Å². The molecule has 0 radical (unpaired) electrons. The molecule has 1 aliphatic rings. The third-order valence-corrected chi connectivity index (χ3v) is 6.29. The van der Waals surface area contributed by atoms with Gasteiger partial charge in [-0.25, -0.2) is 23.7 Å². The number of halogens is 2. The molecule has 1 aliphatic heterocycles. The van der Waals surface area contributed by atoms with E-state index in [9.17, 15) is 4.39 Å². The second-order valence-electron chi connectivity index (χ2n) is 9.04. The lowest BCUT2D eigenvalue weighted by molar-refractivity contribution is 0.0904. The first kappa shape index (κ1) is 26.0. The Morgan fingerprint density at radius 2 is 1.95 bits per heavy atom. The van der Waals surface area contributed by atoms with E-state index in [1.54, 1.807) is 17.1 Å². The first-order chi connectivity index (χ1) is 18.9. The maximum Gasteiger partial charge on any atom is 0.166 e. The van der Waals surface area contributed by atoms with Crippen LogP contribution in [-0.2, 0) is 18.4 Å². The highest BCUT2D eigenvalue weighted by Gasteiger charge is 2.21. The number of benzene rings is 2. The zero-order chi connectivity index (χ0) is 27.4. The van der Waals surface area contributed by atoms with Gasteiger partial charge in [0.05, 0.1) is 29.5 Å². The van der Waals surface area contributed by atoms with Crippen molar-refractivity contribution in [3.63, 3.8) is 0 Å². The van der Waals surface area contributed by atoms with Crippen LogP contribution in [0.4, 0.5) is 20.4 Å². The maximum absolute atomic E-state index is 15.1. The SMILES string of the molecule is Cn1cncc1COc1cc(F)cc(Oc2ccc(C(=N)c3c(N)ncnc3NC3CCOCC3)cc2F)c1. The number of hydrogen-bond acceptors (Lipinski definition) is 9. The quantitative estimate of drug-likeness (QED) is 0.268. The molecule has 12 heteroatoms. The fourth-order valence-corrected chi connectivity index (χ4v) is 4.16. The Morgan fingerprint density at radius 3 is 2.69 bits per heavy atom. The number of nitrogen functional groups attached to an aromatic ring is 1. The van der Waals surface area contributed by atoms with Crippen molar-refractivity contribution in [2.45, 2.75) is 25.5 Å². The summed E-state index contributed by atoms with van der Waals surface area (Å²) < 4.78 is 47.8. The van der Waals surface area contributed by atoms with E-state index in [1.165, 1.54) is 30.6 Å². The summed E-state index contributed by atoms with van der Waals surface area (Å²) >= 11 is 0. The summed E-state index contributed by atoms with van der Waals surface area (Å²) in [5, 5.41) is 12.0. The van der Waals surface area contributed by atoms with Gasteiger partial charge in [0.1, 0.15) is 41.9 Å². The summed E-state index contributed by atoms with van der Waals surface area (Å²) in [5.41, 5.74) is 7.36. The van der Waals surface area contributed by atoms with Crippen molar-refractivity contribution < 1.29 is 23.0 Å². The van der Waals surface area contributed by atoms with Crippen LogP contribution in [0, 0.1) is 17.0 Å². The Morgan fingerprint density at radius 1 is 1.15 bits per heavy atom. The van der Waals surface area contributed by atoms with Crippen LogP contribution in [-0.4, -0.2) is 44.5 Å². The summed E-state index contributed by atoms with van der Waals surface area (Å²) in [7, 11) is 1.82. The number of anilines is 2. The van der Waals surface area contributed by atoms with Crippen LogP contribution in [0.5, 0.6) is 17.2 Å². The van der Waals surface area contributed by atoms with Crippen molar-refractivity contribution in [2.75, 3.05) is 24.3 Å². The molecule has 0 aliphatic carbocycles.